The van der Waals surface area contributed by atoms with Crippen LogP contribution < -0.4 is 4.72 Å². The minimum Gasteiger partial charge on any atom is -0.446 e. The predicted molar refractivity (Wildman–Crippen MR) is 74.5 cm³/mol. The summed E-state index contributed by atoms with van der Waals surface area (Å²) in [4.78, 5) is 0. The first-order valence-corrected chi connectivity index (χ1v) is 7.80. The van der Waals surface area contributed by atoms with Gasteiger partial charge in [0.05, 0.1) is 0 Å². The van der Waals surface area contributed by atoms with Gasteiger partial charge in [-0.3, -0.25) is 0 Å². The van der Waals surface area contributed by atoms with Crippen LogP contribution >= 0.6 is 0 Å². The van der Waals surface area contributed by atoms with Crippen LogP contribution in [0.25, 0.3) is 0 Å². The molecule has 0 atom stereocenters. The van der Waals surface area contributed by atoms with E-state index in [1.165, 1.54) is 17.7 Å². The fourth-order valence-corrected chi connectivity index (χ4v) is 2.69. The summed E-state index contributed by atoms with van der Waals surface area (Å²) in [7, 11) is -3.69. The van der Waals surface area contributed by atoms with Gasteiger partial charge in [-0.2, -0.15) is 0 Å². The summed E-state index contributed by atoms with van der Waals surface area (Å²) in [5.41, 5.74) is 2.08. The van der Waals surface area contributed by atoms with Gasteiger partial charge in [0.1, 0.15) is 12.4 Å². The molecule has 0 radical (unpaired) electrons. The molecule has 2 rings (SSSR count). The van der Waals surface area contributed by atoms with Crippen LogP contribution in [-0.4, -0.2) is 13.5 Å². The monoisotopic (exact) mass is 295 g/mol. The fourth-order valence-electron chi connectivity index (χ4n) is 1.73. The number of hydrogen-bond donors (Lipinski definition) is 2. The average Bonchev–Trinajstić information content (AvgIpc) is 2.95. The molecule has 108 valence electrons. The Morgan fingerprint density at radius 3 is 2.30 bits per heavy atom. The SMILES string of the molecule is CCc1ccc(CNS(=O)(=O)c2ccc(CO)o2)cc1. The van der Waals surface area contributed by atoms with E-state index in [9.17, 15) is 8.42 Å². The van der Waals surface area contributed by atoms with Crippen molar-refractivity contribution >= 4 is 10.0 Å². The lowest BCUT2D eigenvalue weighted by atomic mass is 10.1. The van der Waals surface area contributed by atoms with Crippen molar-refractivity contribution in [1.82, 2.24) is 4.72 Å². The highest BCUT2D eigenvalue weighted by Crippen LogP contribution is 2.14. The van der Waals surface area contributed by atoms with Crippen LogP contribution in [0.2, 0.25) is 0 Å². The van der Waals surface area contributed by atoms with Crippen LogP contribution in [0.4, 0.5) is 0 Å². The minimum absolute atomic E-state index is 0.188. The van der Waals surface area contributed by atoms with E-state index in [2.05, 4.69) is 11.6 Å². The molecule has 5 nitrogen and oxygen atoms in total. The number of aliphatic hydroxyl groups excluding tert-OH is 1. The Bertz CT molecular complexity index is 659. The van der Waals surface area contributed by atoms with Gasteiger partial charge in [0.2, 0.25) is 5.09 Å². The molecular formula is C14H17NO4S. The number of nitrogens with one attached hydrogen (secondary N) is 1. The lowest BCUT2D eigenvalue weighted by Gasteiger charge is -2.05. The van der Waals surface area contributed by atoms with Crippen LogP contribution in [0.5, 0.6) is 0 Å². The number of furan rings is 1. The van der Waals surface area contributed by atoms with E-state index in [-0.39, 0.29) is 24.0 Å². The zero-order valence-corrected chi connectivity index (χ0v) is 12.0. The van der Waals surface area contributed by atoms with Gasteiger partial charge >= 0.3 is 0 Å². The van der Waals surface area contributed by atoms with Crippen LogP contribution in [0.15, 0.2) is 45.9 Å². The third kappa shape index (κ3) is 3.47. The molecule has 1 aromatic heterocycles. The molecule has 2 N–H and O–H groups in total. The number of aliphatic hydroxyl groups is 1. The van der Waals surface area contributed by atoms with Crippen molar-refractivity contribution in [2.75, 3.05) is 0 Å². The lowest BCUT2D eigenvalue weighted by molar-refractivity contribution is 0.236. The van der Waals surface area contributed by atoms with Crippen molar-refractivity contribution in [2.45, 2.75) is 31.6 Å². The highest BCUT2D eigenvalue weighted by atomic mass is 32.2. The maximum Gasteiger partial charge on any atom is 0.274 e. The van der Waals surface area contributed by atoms with Crippen molar-refractivity contribution in [3.8, 4) is 0 Å². The van der Waals surface area contributed by atoms with E-state index >= 15 is 0 Å². The highest BCUT2D eigenvalue weighted by molar-refractivity contribution is 7.89. The Balaban J connectivity index is 2.04. The second-order valence-electron chi connectivity index (χ2n) is 4.37. The molecule has 0 aliphatic heterocycles. The molecule has 1 heterocycles. The zero-order chi connectivity index (χ0) is 14.6. The number of aryl methyl sites for hydroxylation is 1. The normalized spacial score (nSPS) is 11.7. The van der Waals surface area contributed by atoms with Gasteiger partial charge < -0.3 is 9.52 Å². The maximum absolute atomic E-state index is 12.0. The summed E-state index contributed by atoms with van der Waals surface area (Å²) in [6.07, 6.45) is 0.947. The third-order valence-electron chi connectivity index (χ3n) is 2.96. The van der Waals surface area contributed by atoms with Crippen molar-refractivity contribution in [1.29, 1.82) is 0 Å². The Labute approximate surface area is 118 Å². The molecule has 0 unspecified atom stereocenters. The average molecular weight is 295 g/mol. The molecular weight excluding hydrogens is 278 g/mol. The molecule has 0 amide bonds. The van der Waals surface area contributed by atoms with Gasteiger partial charge in [-0.1, -0.05) is 31.2 Å². The second-order valence-corrected chi connectivity index (χ2v) is 6.07. The molecule has 1 aromatic carbocycles. The Kier molecular flexibility index (Phi) is 4.59. The zero-order valence-electron chi connectivity index (χ0n) is 11.2. The fraction of sp³-hybridized carbons (Fsp3) is 0.286. The molecule has 6 heteroatoms. The Hall–Kier alpha value is -1.63. The molecule has 0 saturated heterocycles. The van der Waals surface area contributed by atoms with Gasteiger partial charge in [-0.25, -0.2) is 13.1 Å². The lowest BCUT2D eigenvalue weighted by Crippen LogP contribution is -2.22. The first kappa shape index (κ1) is 14.8. The van der Waals surface area contributed by atoms with Crippen molar-refractivity contribution in [3.63, 3.8) is 0 Å². The molecule has 0 bridgehead atoms. The van der Waals surface area contributed by atoms with Gasteiger partial charge in [-0.15, -0.1) is 0 Å². The number of sulfonamides is 1. The quantitative estimate of drug-likeness (QED) is 0.852. The summed E-state index contributed by atoms with van der Waals surface area (Å²) in [5.74, 6) is 0.220. The molecule has 0 fully saturated rings. The number of rotatable bonds is 6. The predicted octanol–water partition coefficient (Wildman–Crippen LogP) is 1.81. The molecule has 0 saturated carbocycles. The molecule has 2 aromatic rings. The summed E-state index contributed by atoms with van der Waals surface area (Å²) in [5, 5.41) is 8.68. The molecule has 0 aliphatic carbocycles. The summed E-state index contributed by atoms with van der Waals surface area (Å²) < 4.78 is 31.4. The Morgan fingerprint density at radius 2 is 1.75 bits per heavy atom. The van der Waals surface area contributed by atoms with E-state index in [4.69, 9.17) is 9.52 Å². The summed E-state index contributed by atoms with van der Waals surface area (Å²) >= 11 is 0. The van der Waals surface area contributed by atoms with E-state index in [0.29, 0.717) is 0 Å². The van der Waals surface area contributed by atoms with Crippen molar-refractivity contribution < 1.29 is 17.9 Å². The van der Waals surface area contributed by atoms with E-state index < -0.39 is 10.0 Å². The molecule has 0 spiro atoms. The minimum atomic E-state index is -3.69. The van der Waals surface area contributed by atoms with Gasteiger partial charge in [0.25, 0.3) is 10.0 Å². The van der Waals surface area contributed by atoms with Crippen LogP contribution in [0, 0.1) is 0 Å². The van der Waals surface area contributed by atoms with Crippen molar-refractivity contribution in [2.24, 2.45) is 0 Å². The standard InChI is InChI=1S/C14H17NO4S/c1-2-11-3-5-12(6-4-11)9-15-20(17,18)14-8-7-13(10-16)19-14/h3-8,15-16H,2,9-10H2,1H3. The van der Waals surface area contributed by atoms with Crippen LogP contribution in [0.1, 0.15) is 23.8 Å². The third-order valence-corrected chi connectivity index (χ3v) is 4.23. The van der Waals surface area contributed by atoms with Gasteiger partial charge in [0, 0.05) is 6.54 Å². The smallest absolute Gasteiger partial charge is 0.274 e. The summed E-state index contributed by atoms with van der Waals surface area (Å²) in [6.45, 7) is 1.93. The Morgan fingerprint density at radius 1 is 1.10 bits per heavy atom. The second kappa shape index (κ2) is 6.21. The van der Waals surface area contributed by atoms with Crippen molar-refractivity contribution in [3.05, 3.63) is 53.3 Å². The number of hydrogen-bond acceptors (Lipinski definition) is 4. The first-order chi connectivity index (χ1) is 9.55. The first-order valence-electron chi connectivity index (χ1n) is 6.32. The van der Waals surface area contributed by atoms with Gasteiger partial charge in [-0.05, 0) is 29.7 Å². The molecule has 20 heavy (non-hydrogen) atoms. The van der Waals surface area contributed by atoms with Crippen LogP contribution in [-0.2, 0) is 29.6 Å². The largest absolute Gasteiger partial charge is 0.446 e. The highest BCUT2D eigenvalue weighted by Gasteiger charge is 2.18. The maximum atomic E-state index is 12.0. The topological polar surface area (TPSA) is 79.5 Å². The summed E-state index contributed by atoms with van der Waals surface area (Å²) in [6, 6.07) is 10.5. The number of benzene rings is 1. The van der Waals surface area contributed by atoms with E-state index in [1.807, 2.05) is 24.3 Å². The van der Waals surface area contributed by atoms with E-state index in [1.54, 1.807) is 0 Å². The van der Waals surface area contributed by atoms with Gasteiger partial charge in [0.15, 0.2) is 0 Å². The van der Waals surface area contributed by atoms with E-state index in [0.717, 1.165) is 12.0 Å². The van der Waals surface area contributed by atoms with Crippen LogP contribution in [0.3, 0.4) is 0 Å². The molecule has 0 aliphatic rings.